The molecule has 8 N–H and O–H groups in total. The quantitative estimate of drug-likeness (QED) is 0.123. The molecular weight excluding hydrogens is 440 g/mol. The van der Waals surface area contributed by atoms with Crippen LogP contribution < -0.4 is 21.8 Å². The van der Waals surface area contributed by atoms with Crippen LogP contribution in [0.3, 0.4) is 0 Å². The number of benzene rings is 2. The third-order valence-electron chi connectivity index (χ3n) is 5.78. The molecule has 0 aliphatic carbocycles. The first kappa shape index (κ1) is 25.7. The van der Waals surface area contributed by atoms with Gasteiger partial charge in [-0.1, -0.05) is 24.6 Å². The van der Waals surface area contributed by atoms with Crippen LogP contribution in [-0.4, -0.2) is 58.0 Å². The van der Waals surface area contributed by atoms with Gasteiger partial charge in [0, 0.05) is 19.2 Å². The van der Waals surface area contributed by atoms with Crippen molar-refractivity contribution in [2.75, 3.05) is 13.2 Å². The van der Waals surface area contributed by atoms with Crippen molar-refractivity contribution in [3.05, 3.63) is 48.2 Å². The zero-order valence-corrected chi connectivity index (χ0v) is 19.1. The first-order valence-corrected chi connectivity index (χ1v) is 11.5. The van der Waals surface area contributed by atoms with Gasteiger partial charge < -0.3 is 30.4 Å². The number of nitrogens with zero attached hydrogens (tertiary/aromatic N) is 1. The minimum absolute atomic E-state index is 0.106. The van der Waals surface area contributed by atoms with Gasteiger partial charge in [0.15, 0.2) is 0 Å². The Kier molecular flexibility index (Phi) is 9.49. The maximum atomic E-state index is 11.0. The van der Waals surface area contributed by atoms with E-state index in [1.165, 1.54) is 5.01 Å². The molecule has 10 heteroatoms. The average Bonchev–Trinajstić information content (AvgIpc) is 2.84. The summed E-state index contributed by atoms with van der Waals surface area (Å²) in [6.45, 7) is 0.480. The molecule has 0 spiro atoms. The van der Waals surface area contributed by atoms with E-state index in [-0.39, 0.29) is 25.0 Å². The lowest BCUT2D eigenvalue weighted by Gasteiger charge is -2.33. The summed E-state index contributed by atoms with van der Waals surface area (Å²) in [6, 6.07) is 11.4. The molecule has 0 radical (unpaired) electrons. The number of nitrogens with one attached hydrogen (secondary N) is 1. The van der Waals surface area contributed by atoms with Crippen molar-refractivity contribution < 1.29 is 29.7 Å². The lowest BCUT2D eigenvalue weighted by molar-refractivity contribution is -0.208. The van der Waals surface area contributed by atoms with Crippen molar-refractivity contribution in [1.29, 1.82) is 0 Å². The predicted octanol–water partition coefficient (Wildman–Crippen LogP) is 1.58. The number of fused-ring (bicyclic) bond motifs is 1. The largest absolute Gasteiger partial charge is 0.462 e. The summed E-state index contributed by atoms with van der Waals surface area (Å²) in [6.07, 6.45) is 3.43. The zero-order chi connectivity index (χ0) is 24.5. The van der Waals surface area contributed by atoms with Crippen LogP contribution in [0.25, 0.3) is 16.5 Å². The molecule has 1 fully saturated rings. The Labute approximate surface area is 198 Å². The summed E-state index contributed by atoms with van der Waals surface area (Å²) in [5, 5.41) is 31.4. The second kappa shape index (κ2) is 12.5. The van der Waals surface area contributed by atoms with Gasteiger partial charge in [-0.3, -0.25) is 10.0 Å². The van der Waals surface area contributed by atoms with Crippen LogP contribution in [0, 0.1) is 0 Å². The fraction of sp³-hybridized carbons (Fsp3) is 0.458. The van der Waals surface area contributed by atoms with Crippen LogP contribution in [0.5, 0.6) is 5.75 Å². The molecule has 1 aliphatic heterocycles. The topological polar surface area (TPSA) is 164 Å². The smallest absolute Gasteiger partial charge is 0.243 e. The van der Waals surface area contributed by atoms with Crippen LogP contribution >= 0.6 is 0 Å². The first-order chi connectivity index (χ1) is 16.4. The second-order valence-electron chi connectivity index (χ2n) is 8.46. The fourth-order valence-corrected chi connectivity index (χ4v) is 3.82. The van der Waals surface area contributed by atoms with E-state index in [0.29, 0.717) is 37.3 Å². The molecule has 186 valence electrons. The van der Waals surface area contributed by atoms with Crippen molar-refractivity contribution in [2.45, 2.75) is 57.0 Å². The van der Waals surface area contributed by atoms with Gasteiger partial charge in [0.25, 0.3) is 0 Å². The van der Waals surface area contributed by atoms with Gasteiger partial charge in [-0.2, -0.15) is 0 Å². The molecule has 0 bridgehead atoms. The summed E-state index contributed by atoms with van der Waals surface area (Å²) < 4.78 is 11.5. The van der Waals surface area contributed by atoms with Crippen LogP contribution in [0.2, 0.25) is 0 Å². The number of hydrazine groups is 1. The summed E-state index contributed by atoms with van der Waals surface area (Å²) in [5.74, 6) is 6.20. The van der Waals surface area contributed by atoms with E-state index in [9.17, 15) is 15.0 Å². The van der Waals surface area contributed by atoms with Crippen molar-refractivity contribution in [3.8, 4) is 5.75 Å². The molecule has 2 aromatic rings. The summed E-state index contributed by atoms with van der Waals surface area (Å²) in [5.41, 5.74) is 9.21. The maximum Gasteiger partial charge on any atom is 0.243 e. The Morgan fingerprint density at radius 2 is 1.94 bits per heavy atom. The highest BCUT2D eigenvalue weighted by atomic mass is 16.7. The second-order valence-corrected chi connectivity index (χ2v) is 8.46. The molecule has 0 saturated carbocycles. The molecule has 2 aromatic carbocycles. The van der Waals surface area contributed by atoms with Gasteiger partial charge in [-0.25, -0.2) is 11.3 Å². The standard InChI is InChI=1S/C24H34N4O6/c25-21(14-28(26)11-3-1-2-4-23(31)27-32)18-6-5-17-13-19(8-7-16(17)12-18)33-24-22(30)10-9-20(15-29)34-24/h5-8,12-14,20,22,24,29-30,32H,1-4,9-11,15,25-26H2,(H,27,31)/b21-14-/t20?,22?,24-/m0/s1. The minimum Gasteiger partial charge on any atom is -0.462 e. The van der Waals surface area contributed by atoms with E-state index in [4.69, 9.17) is 26.3 Å². The van der Waals surface area contributed by atoms with Gasteiger partial charge >= 0.3 is 0 Å². The van der Waals surface area contributed by atoms with E-state index in [1.54, 1.807) is 17.7 Å². The number of carbonyl (C=O) groups excluding carboxylic acids is 1. The van der Waals surface area contributed by atoms with Crippen molar-refractivity contribution >= 4 is 22.4 Å². The van der Waals surface area contributed by atoms with Crippen LogP contribution in [0.4, 0.5) is 0 Å². The Hall–Kier alpha value is -2.89. The van der Waals surface area contributed by atoms with E-state index in [2.05, 4.69) is 0 Å². The molecule has 3 rings (SSSR count). The molecule has 1 heterocycles. The number of amides is 1. The number of rotatable bonds is 11. The van der Waals surface area contributed by atoms with E-state index >= 15 is 0 Å². The Balaban J connectivity index is 1.57. The summed E-state index contributed by atoms with van der Waals surface area (Å²) in [4.78, 5) is 11.0. The molecule has 1 saturated heterocycles. The van der Waals surface area contributed by atoms with Gasteiger partial charge in [0.1, 0.15) is 11.9 Å². The van der Waals surface area contributed by atoms with Gasteiger partial charge in [0.05, 0.1) is 18.4 Å². The Morgan fingerprint density at radius 3 is 2.71 bits per heavy atom. The number of hydrogen-bond donors (Lipinski definition) is 6. The van der Waals surface area contributed by atoms with Gasteiger partial charge in [0.2, 0.25) is 12.2 Å². The summed E-state index contributed by atoms with van der Waals surface area (Å²) in [7, 11) is 0. The van der Waals surface area contributed by atoms with Gasteiger partial charge in [-0.15, -0.1) is 0 Å². The number of aliphatic hydroxyl groups is 2. The Bertz CT molecular complexity index is 985. The number of ether oxygens (including phenoxy) is 2. The highest BCUT2D eigenvalue weighted by Gasteiger charge is 2.31. The van der Waals surface area contributed by atoms with Crippen molar-refractivity contribution in [2.24, 2.45) is 11.6 Å². The lowest BCUT2D eigenvalue weighted by atomic mass is 10.0. The van der Waals surface area contributed by atoms with Crippen LogP contribution in [0.15, 0.2) is 42.6 Å². The number of unbranched alkanes of at least 4 members (excludes halogenated alkanes) is 2. The Morgan fingerprint density at radius 1 is 1.18 bits per heavy atom. The minimum atomic E-state index is -0.816. The van der Waals surface area contributed by atoms with Crippen LogP contribution in [0.1, 0.15) is 44.1 Å². The maximum absolute atomic E-state index is 11.0. The average molecular weight is 475 g/mol. The molecule has 10 nitrogen and oxygen atoms in total. The molecular formula is C24H34N4O6. The van der Waals surface area contributed by atoms with Crippen LogP contribution in [-0.2, 0) is 9.53 Å². The van der Waals surface area contributed by atoms with Crippen molar-refractivity contribution in [3.63, 3.8) is 0 Å². The highest BCUT2D eigenvalue weighted by Crippen LogP contribution is 2.27. The SMILES string of the molecule is N/C(=C\N(N)CCCCCC(=O)NO)c1ccc2cc(O[C@H]3OC(CO)CCC3O)ccc2c1. The molecule has 34 heavy (non-hydrogen) atoms. The van der Waals surface area contributed by atoms with E-state index in [1.807, 2.05) is 30.3 Å². The molecule has 3 atom stereocenters. The lowest BCUT2D eigenvalue weighted by Crippen LogP contribution is -2.43. The van der Waals surface area contributed by atoms with Crippen molar-refractivity contribution in [1.82, 2.24) is 10.5 Å². The molecule has 2 unspecified atom stereocenters. The molecule has 0 aromatic heterocycles. The van der Waals surface area contributed by atoms with Gasteiger partial charge in [-0.05, 0) is 60.2 Å². The monoisotopic (exact) mass is 474 g/mol. The molecule has 1 amide bonds. The number of hydroxylamine groups is 1. The van der Waals surface area contributed by atoms with E-state index in [0.717, 1.165) is 29.2 Å². The highest BCUT2D eigenvalue weighted by molar-refractivity contribution is 5.87. The number of aliphatic hydroxyl groups excluding tert-OH is 2. The predicted molar refractivity (Wildman–Crippen MR) is 127 cm³/mol. The number of carbonyl (C=O) groups is 1. The molecule has 1 aliphatic rings. The normalized spacial score (nSPS) is 20.8. The first-order valence-electron chi connectivity index (χ1n) is 11.5. The fourth-order valence-electron chi connectivity index (χ4n) is 3.82. The van der Waals surface area contributed by atoms with E-state index < -0.39 is 12.4 Å². The summed E-state index contributed by atoms with van der Waals surface area (Å²) >= 11 is 0. The third-order valence-corrected chi connectivity index (χ3v) is 5.78. The number of nitrogens with two attached hydrogens (primary N) is 2. The zero-order valence-electron chi connectivity index (χ0n) is 19.1. The number of hydrogen-bond acceptors (Lipinski definition) is 9. The third kappa shape index (κ3) is 7.31.